The van der Waals surface area contributed by atoms with Crippen molar-refractivity contribution in [1.82, 2.24) is 4.57 Å². The number of benzene rings is 3. The van der Waals surface area contributed by atoms with Gasteiger partial charge in [-0.15, -0.1) is 0 Å². The maximum absolute atomic E-state index is 13.8. The van der Waals surface area contributed by atoms with Crippen LogP contribution in [0.5, 0.6) is 0 Å². The minimum Gasteiger partial charge on any atom is -0.318 e. The van der Waals surface area contributed by atoms with Crippen LogP contribution in [-0.2, 0) is 9.59 Å². The summed E-state index contributed by atoms with van der Waals surface area (Å²) in [5, 5.41) is 0. The first-order valence-corrected chi connectivity index (χ1v) is 12.5. The lowest BCUT2D eigenvalue weighted by Crippen LogP contribution is -2.57. The van der Waals surface area contributed by atoms with E-state index in [1.165, 1.54) is 0 Å². The second-order valence-electron chi connectivity index (χ2n) is 9.74. The van der Waals surface area contributed by atoms with Gasteiger partial charge in [-0.1, -0.05) is 48.0 Å². The highest BCUT2D eigenvalue weighted by Gasteiger charge is 2.43. The Balaban J connectivity index is 1.67. The Morgan fingerprint density at radius 1 is 0.632 bits per heavy atom. The van der Waals surface area contributed by atoms with Crippen molar-refractivity contribution >= 4 is 35.3 Å². The van der Waals surface area contributed by atoms with Crippen molar-refractivity contribution in [2.45, 2.75) is 34.6 Å². The Labute approximate surface area is 222 Å². The average molecular weight is 504 g/mol. The van der Waals surface area contributed by atoms with Crippen molar-refractivity contribution < 1.29 is 14.4 Å². The van der Waals surface area contributed by atoms with Crippen LogP contribution in [-0.4, -0.2) is 22.4 Å². The zero-order valence-electron chi connectivity index (χ0n) is 22.1. The molecule has 0 saturated carbocycles. The van der Waals surface area contributed by atoms with Gasteiger partial charge in [0.2, 0.25) is 0 Å². The van der Waals surface area contributed by atoms with E-state index in [-0.39, 0.29) is 5.57 Å². The van der Waals surface area contributed by atoms with Crippen molar-refractivity contribution in [1.29, 1.82) is 0 Å². The predicted octanol–water partition coefficient (Wildman–Crippen LogP) is 6.60. The average Bonchev–Trinajstić information content (AvgIpc) is 3.17. The van der Waals surface area contributed by atoms with E-state index in [4.69, 9.17) is 0 Å². The van der Waals surface area contributed by atoms with Crippen molar-refractivity contribution in [3.05, 3.63) is 118 Å². The molecule has 0 unspecified atom stereocenters. The van der Waals surface area contributed by atoms with Gasteiger partial charge in [0, 0.05) is 17.1 Å². The molecule has 4 amide bonds. The van der Waals surface area contributed by atoms with Crippen LogP contribution >= 0.6 is 0 Å². The number of amides is 4. The number of carbonyl (C=O) groups excluding carboxylic acids is 3. The highest BCUT2D eigenvalue weighted by molar-refractivity contribution is 6.46. The van der Waals surface area contributed by atoms with Gasteiger partial charge in [0.1, 0.15) is 5.57 Å². The van der Waals surface area contributed by atoms with Gasteiger partial charge in [0.25, 0.3) is 11.8 Å². The van der Waals surface area contributed by atoms with Crippen LogP contribution in [0.15, 0.2) is 84.4 Å². The number of hydrogen-bond acceptors (Lipinski definition) is 3. The van der Waals surface area contributed by atoms with Gasteiger partial charge in [-0.3, -0.25) is 9.59 Å². The summed E-state index contributed by atoms with van der Waals surface area (Å²) in [4.78, 5) is 43.2. The fraction of sp³-hybridized carbons (Fsp3) is 0.156. The van der Waals surface area contributed by atoms with Gasteiger partial charge in [-0.05, 0) is 93.8 Å². The third-order valence-corrected chi connectivity index (χ3v) is 6.93. The first-order chi connectivity index (χ1) is 18.2. The Morgan fingerprint density at radius 2 is 1.21 bits per heavy atom. The summed E-state index contributed by atoms with van der Waals surface area (Å²) >= 11 is 0. The Kier molecular flexibility index (Phi) is 6.33. The fourth-order valence-corrected chi connectivity index (χ4v) is 4.88. The number of anilines is 2. The van der Waals surface area contributed by atoms with Crippen LogP contribution in [0.2, 0.25) is 0 Å². The van der Waals surface area contributed by atoms with Crippen molar-refractivity contribution in [2.24, 2.45) is 0 Å². The molecule has 3 aromatic carbocycles. The van der Waals surface area contributed by atoms with E-state index in [9.17, 15) is 14.4 Å². The van der Waals surface area contributed by atoms with Gasteiger partial charge in [-0.25, -0.2) is 14.6 Å². The fourth-order valence-electron chi connectivity index (χ4n) is 4.88. The number of para-hydroxylation sites is 1. The summed E-state index contributed by atoms with van der Waals surface area (Å²) in [5.41, 5.74) is 7.66. The number of urea groups is 1. The number of nitrogens with zero attached hydrogens (tertiary/aromatic N) is 3. The minimum absolute atomic E-state index is 0.0738. The maximum Gasteiger partial charge on any atom is 0.343 e. The highest BCUT2D eigenvalue weighted by Crippen LogP contribution is 2.31. The highest BCUT2D eigenvalue weighted by atomic mass is 16.2. The molecule has 1 saturated heterocycles. The summed E-state index contributed by atoms with van der Waals surface area (Å²) in [6.45, 7) is 10.0. The molecule has 1 aliphatic rings. The summed E-state index contributed by atoms with van der Waals surface area (Å²) in [6.07, 6.45) is 1.61. The molecule has 1 fully saturated rings. The summed E-state index contributed by atoms with van der Waals surface area (Å²) in [6, 6.07) is 23.3. The third-order valence-electron chi connectivity index (χ3n) is 6.93. The molecule has 38 heavy (non-hydrogen) atoms. The van der Waals surface area contributed by atoms with Crippen molar-refractivity contribution in [3.8, 4) is 5.69 Å². The molecule has 1 aliphatic heterocycles. The molecule has 0 spiro atoms. The Bertz CT molecular complexity index is 1610. The van der Waals surface area contributed by atoms with Crippen LogP contribution in [0.25, 0.3) is 11.8 Å². The van der Waals surface area contributed by atoms with E-state index in [1.54, 1.807) is 42.5 Å². The Morgan fingerprint density at radius 3 is 1.84 bits per heavy atom. The monoisotopic (exact) mass is 503 g/mol. The Hall–Kier alpha value is -4.71. The molecule has 0 atom stereocenters. The van der Waals surface area contributed by atoms with Crippen molar-refractivity contribution in [3.63, 3.8) is 0 Å². The van der Waals surface area contributed by atoms with Gasteiger partial charge < -0.3 is 4.57 Å². The molecule has 0 radical (unpaired) electrons. The first-order valence-electron chi connectivity index (χ1n) is 12.5. The van der Waals surface area contributed by atoms with E-state index < -0.39 is 17.8 Å². The molecule has 4 aromatic rings. The van der Waals surface area contributed by atoms with Crippen LogP contribution in [0.1, 0.15) is 33.6 Å². The zero-order chi connectivity index (χ0) is 27.1. The van der Waals surface area contributed by atoms with Gasteiger partial charge in [0.15, 0.2) is 0 Å². The molecule has 0 N–H and O–H groups in total. The number of imide groups is 2. The first kappa shape index (κ1) is 25.0. The van der Waals surface area contributed by atoms with E-state index in [0.29, 0.717) is 11.4 Å². The van der Waals surface area contributed by atoms with Crippen LogP contribution < -0.4 is 9.80 Å². The van der Waals surface area contributed by atoms with Crippen LogP contribution in [0, 0.1) is 34.6 Å². The van der Waals surface area contributed by atoms with E-state index in [1.807, 2.05) is 52.0 Å². The largest absolute Gasteiger partial charge is 0.343 e. The zero-order valence-corrected chi connectivity index (χ0v) is 22.1. The van der Waals surface area contributed by atoms with Gasteiger partial charge in [-0.2, -0.15) is 0 Å². The number of carbonyl (C=O) groups is 3. The summed E-state index contributed by atoms with van der Waals surface area (Å²) < 4.78 is 2.13. The number of barbiturate groups is 1. The summed E-state index contributed by atoms with van der Waals surface area (Å²) in [5.74, 6) is -1.29. The summed E-state index contributed by atoms with van der Waals surface area (Å²) in [7, 11) is 0. The lowest BCUT2D eigenvalue weighted by Gasteiger charge is -2.34. The molecule has 190 valence electrons. The molecule has 2 heterocycles. The molecule has 0 bridgehead atoms. The molecular weight excluding hydrogens is 474 g/mol. The minimum atomic E-state index is -0.701. The number of aromatic nitrogens is 1. The lowest BCUT2D eigenvalue weighted by molar-refractivity contribution is -0.121. The number of aryl methyl sites for hydroxylation is 4. The molecule has 1 aromatic heterocycles. The van der Waals surface area contributed by atoms with Crippen LogP contribution in [0.4, 0.5) is 16.2 Å². The third kappa shape index (κ3) is 4.24. The maximum atomic E-state index is 13.8. The predicted molar refractivity (Wildman–Crippen MR) is 151 cm³/mol. The van der Waals surface area contributed by atoms with E-state index in [2.05, 4.69) is 29.7 Å². The normalized spacial score (nSPS) is 15.1. The molecule has 0 aliphatic carbocycles. The van der Waals surface area contributed by atoms with Crippen LogP contribution in [0.3, 0.4) is 0 Å². The van der Waals surface area contributed by atoms with E-state index >= 15 is 0 Å². The lowest BCUT2D eigenvalue weighted by atomic mass is 10.0. The second kappa shape index (κ2) is 9.63. The van der Waals surface area contributed by atoms with Gasteiger partial charge in [0.05, 0.1) is 11.4 Å². The number of rotatable bonds is 4. The molecular formula is C32H29N3O3. The number of hydrogen-bond donors (Lipinski definition) is 0. The topological polar surface area (TPSA) is 62.6 Å². The standard InChI is InChI=1S/C32H29N3O3/c1-20-12-15-27(16-13-20)35-31(37)28(30(36)34(32(35)38)26-9-7-6-8-10-26)19-25-18-23(4)33(24(25)5)29-17-21(2)11-14-22(29)3/h6-19H,1-5H3/b28-19+. The molecule has 5 rings (SSSR count). The molecule has 6 nitrogen and oxygen atoms in total. The smallest absolute Gasteiger partial charge is 0.318 e. The van der Waals surface area contributed by atoms with Gasteiger partial charge >= 0.3 is 6.03 Å². The molecule has 6 heteroatoms. The quantitative estimate of drug-likeness (QED) is 0.233. The van der Waals surface area contributed by atoms with E-state index in [0.717, 1.165) is 49.1 Å². The SMILES string of the molecule is Cc1ccc(N2C(=O)/C(=C/c3cc(C)n(-c4cc(C)ccc4C)c3C)C(=O)N(c3ccccc3)C2=O)cc1. The second-order valence-corrected chi connectivity index (χ2v) is 9.74. The van der Waals surface area contributed by atoms with Crippen molar-refractivity contribution in [2.75, 3.05) is 9.80 Å².